The summed E-state index contributed by atoms with van der Waals surface area (Å²) in [5, 5.41) is 28.1. The fourth-order valence-corrected chi connectivity index (χ4v) is 3.12. The number of halogens is 2. The van der Waals surface area contributed by atoms with Crippen molar-refractivity contribution < 1.29 is 19.9 Å². The molecular formula is C17H27BCl2N2O4. The monoisotopic (exact) mass is 404 g/mol. The van der Waals surface area contributed by atoms with Gasteiger partial charge in [-0.3, -0.25) is 4.79 Å². The number of hydrogen-bond donors (Lipinski definition) is 4. The SMILES string of the molecule is CN(CCCC(N)(CCCCB(O)O)C(=O)O)Cc1ccc(Cl)c(Cl)c1. The van der Waals surface area contributed by atoms with Crippen LogP contribution in [0.2, 0.25) is 16.4 Å². The lowest BCUT2D eigenvalue weighted by molar-refractivity contribution is -0.144. The van der Waals surface area contributed by atoms with Crippen LogP contribution in [0.15, 0.2) is 18.2 Å². The van der Waals surface area contributed by atoms with E-state index < -0.39 is 18.6 Å². The number of nitrogens with two attached hydrogens (primary N) is 1. The van der Waals surface area contributed by atoms with E-state index in [1.165, 1.54) is 0 Å². The highest BCUT2D eigenvalue weighted by Crippen LogP contribution is 2.23. The van der Waals surface area contributed by atoms with Gasteiger partial charge in [0.25, 0.3) is 0 Å². The first-order valence-corrected chi connectivity index (χ1v) is 9.40. The van der Waals surface area contributed by atoms with Gasteiger partial charge in [-0.15, -0.1) is 0 Å². The van der Waals surface area contributed by atoms with Crippen LogP contribution in [0.1, 0.15) is 37.7 Å². The van der Waals surface area contributed by atoms with Crippen molar-refractivity contribution in [3.63, 3.8) is 0 Å². The van der Waals surface area contributed by atoms with Gasteiger partial charge in [0.15, 0.2) is 0 Å². The number of unbranched alkanes of at least 4 members (excludes halogenated alkanes) is 1. The van der Waals surface area contributed by atoms with E-state index in [1.807, 2.05) is 19.2 Å². The predicted octanol–water partition coefficient (Wildman–Crippen LogP) is 2.63. The van der Waals surface area contributed by atoms with Crippen molar-refractivity contribution in [1.29, 1.82) is 0 Å². The lowest BCUT2D eigenvalue weighted by Crippen LogP contribution is -2.48. The fraction of sp³-hybridized carbons (Fsp3) is 0.588. The molecule has 0 saturated heterocycles. The van der Waals surface area contributed by atoms with Crippen LogP contribution < -0.4 is 5.73 Å². The van der Waals surface area contributed by atoms with Crippen molar-refractivity contribution in [2.45, 2.75) is 50.5 Å². The topological polar surface area (TPSA) is 107 Å². The summed E-state index contributed by atoms with van der Waals surface area (Å²) in [5.41, 5.74) is 5.80. The summed E-state index contributed by atoms with van der Waals surface area (Å²) in [4.78, 5) is 13.6. The Labute approximate surface area is 165 Å². The Morgan fingerprint density at radius 1 is 1.19 bits per heavy atom. The molecule has 0 heterocycles. The minimum absolute atomic E-state index is 0.224. The Balaban J connectivity index is 2.43. The van der Waals surface area contributed by atoms with Crippen LogP contribution in [0.5, 0.6) is 0 Å². The van der Waals surface area contributed by atoms with Crippen LogP contribution in [0.25, 0.3) is 0 Å². The Hall–Kier alpha value is -0.825. The molecule has 0 aromatic heterocycles. The number of nitrogens with zero attached hydrogens (tertiary/aromatic N) is 1. The molecule has 0 aliphatic rings. The smallest absolute Gasteiger partial charge is 0.451 e. The Bertz CT molecular complexity index is 592. The maximum atomic E-state index is 11.5. The number of benzene rings is 1. The van der Waals surface area contributed by atoms with Crippen LogP contribution in [-0.2, 0) is 11.3 Å². The van der Waals surface area contributed by atoms with Crippen molar-refractivity contribution in [2.75, 3.05) is 13.6 Å². The fourth-order valence-electron chi connectivity index (χ4n) is 2.80. The molecule has 1 atom stereocenters. The van der Waals surface area contributed by atoms with Crippen molar-refractivity contribution in [1.82, 2.24) is 4.90 Å². The molecule has 5 N–H and O–H groups in total. The molecule has 0 fully saturated rings. The van der Waals surface area contributed by atoms with Crippen molar-refractivity contribution in [3.8, 4) is 0 Å². The molecule has 9 heteroatoms. The number of carboxylic acids is 1. The minimum Gasteiger partial charge on any atom is -0.480 e. The van der Waals surface area contributed by atoms with Crippen LogP contribution in [-0.4, -0.2) is 52.3 Å². The van der Waals surface area contributed by atoms with Gasteiger partial charge in [-0.2, -0.15) is 0 Å². The Kier molecular flexibility index (Phi) is 9.93. The first-order valence-electron chi connectivity index (χ1n) is 8.65. The highest BCUT2D eigenvalue weighted by molar-refractivity contribution is 6.42. The lowest BCUT2D eigenvalue weighted by Gasteiger charge is -2.26. The maximum Gasteiger partial charge on any atom is 0.451 e. The molecule has 1 rings (SSSR count). The molecule has 0 radical (unpaired) electrons. The molecule has 0 saturated carbocycles. The number of carbonyl (C=O) groups is 1. The molecular weight excluding hydrogens is 378 g/mol. The highest BCUT2D eigenvalue weighted by Gasteiger charge is 2.32. The zero-order chi connectivity index (χ0) is 19.7. The molecule has 0 spiro atoms. The van der Waals surface area contributed by atoms with Crippen LogP contribution in [0.3, 0.4) is 0 Å². The van der Waals surface area contributed by atoms with Crippen molar-refractivity contribution in [3.05, 3.63) is 33.8 Å². The van der Waals surface area contributed by atoms with Gasteiger partial charge in [0, 0.05) is 6.54 Å². The normalized spacial score (nSPS) is 13.7. The Morgan fingerprint density at radius 2 is 1.85 bits per heavy atom. The molecule has 0 amide bonds. The number of rotatable bonds is 12. The van der Waals surface area contributed by atoms with Gasteiger partial charge in [-0.05, 0) is 56.9 Å². The van der Waals surface area contributed by atoms with Gasteiger partial charge in [0.1, 0.15) is 5.54 Å². The minimum atomic E-state index is -1.36. The van der Waals surface area contributed by atoms with Crippen LogP contribution in [0.4, 0.5) is 0 Å². The number of aliphatic carboxylic acids is 1. The predicted molar refractivity (Wildman–Crippen MR) is 105 cm³/mol. The summed E-state index contributed by atoms with van der Waals surface area (Å²) in [5.74, 6) is -1.02. The third-order valence-electron chi connectivity index (χ3n) is 4.36. The average molecular weight is 405 g/mol. The van der Waals surface area contributed by atoms with E-state index in [9.17, 15) is 9.90 Å². The summed E-state index contributed by atoms with van der Waals surface area (Å²) in [6, 6.07) is 5.48. The zero-order valence-corrected chi connectivity index (χ0v) is 16.5. The van der Waals surface area contributed by atoms with E-state index in [0.29, 0.717) is 55.2 Å². The van der Waals surface area contributed by atoms with E-state index in [2.05, 4.69) is 4.90 Å². The summed E-state index contributed by atoms with van der Waals surface area (Å²) in [6.07, 6.45) is 2.60. The third-order valence-corrected chi connectivity index (χ3v) is 5.10. The van der Waals surface area contributed by atoms with Gasteiger partial charge >= 0.3 is 13.1 Å². The molecule has 26 heavy (non-hydrogen) atoms. The summed E-state index contributed by atoms with van der Waals surface area (Å²) in [6.45, 7) is 1.37. The quantitative estimate of drug-likeness (QED) is 0.315. The molecule has 146 valence electrons. The Morgan fingerprint density at radius 3 is 2.42 bits per heavy atom. The average Bonchev–Trinajstić information content (AvgIpc) is 2.54. The van der Waals surface area contributed by atoms with Crippen molar-refractivity contribution in [2.24, 2.45) is 5.73 Å². The van der Waals surface area contributed by atoms with Gasteiger partial charge in [0.2, 0.25) is 0 Å². The second-order valence-corrected chi connectivity index (χ2v) is 7.59. The van der Waals surface area contributed by atoms with Crippen LogP contribution >= 0.6 is 23.2 Å². The van der Waals surface area contributed by atoms with E-state index in [4.69, 9.17) is 39.0 Å². The first-order chi connectivity index (χ1) is 12.1. The second kappa shape index (κ2) is 11.1. The molecule has 1 unspecified atom stereocenters. The summed E-state index contributed by atoms with van der Waals surface area (Å²) >= 11 is 11.9. The summed E-state index contributed by atoms with van der Waals surface area (Å²) < 4.78 is 0. The van der Waals surface area contributed by atoms with Crippen LogP contribution in [0, 0.1) is 0 Å². The molecule has 1 aromatic rings. The van der Waals surface area contributed by atoms with Gasteiger partial charge in [0.05, 0.1) is 10.0 Å². The van der Waals surface area contributed by atoms with Gasteiger partial charge < -0.3 is 25.8 Å². The van der Waals surface area contributed by atoms with E-state index in [0.717, 1.165) is 5.56 Å². The first kappa shape index (κ1) is 23.2. The zero-order valence-electron chi connectivity index (χ0n) is 15.0. The third kappa shape index (κ3) is 8.25. The van der Waals surface area contributed by atoms with E-state index in [1.54, 1.807) is 6.07 Å². The largest absolute Gasteiger partial charge is 0.480 e. The molecule has 1 aromatic carbocycles. The van der Waals surface area contributed by atoms with E-state index >= 15 is 0 Å². The maximum absolute atomic E-state index is 11.5. The highest BCUT2D eigenvalue weighted by atomic mass is 35.5. The number of hydrogen-bond acceptors (Lipinski definition) is 5. The molecule has 0 bridgehead atoms. The molecule has 0 aliphatic heterocycles. The number of carboxylic acid groups (broad SMARTS) is 1. The van der Waals surface area contributed by atoms with E-state index in [-0.39, 0.29) is 6.32 Å². The van der Waals surface area contributed by atoms with Crippen molar-refractivity contribution >= 4 is 36.3 Å². The second-order valence-electron chi connectivity index (χ2n) is 6.78. The lowest BCUT2D eigenvalue weighted by atomic mass is 9.81. The van der Waals surface area contributed by atoms with Gasteiger partial charge in [-0.1, -0.05) is 42.1 Å². The summed E-state index contributed by atoms with van der Waals surface area (Å²) in [7, 11) is 0.589. The standard InChI is InChI=1S/C17H27BCl2N2O4/c1-22(12-13-5-6-14(19)15(20)11-13)10-4-8-17(21,16(23)24)7-2-3-9-18(25)26/h5-6,11,25-26H,2-4,7-10,12,21H2,1H3,(H,23,24). The molecule has 0 aliphatic carbocycles. The molecule has 6 nitrogen and oxygen atoms in total. The van der Waals surface area contributed by atoms with Gasteiger partial charge in [-0.25, -0.2) is 0 Å².